The van der Waals surface area contributed by atoms with Crippen molar-refractivity contribution in [2.24, 2.45) is 0 Å². The molecule has 236 valence electrons. The molecule has 8 rings (SSSR count). The van der Waals surface area contributed by atoms with Crippen LogP contribution in [0.5, 0.6) is 5.75 Å². The zero-order chi connectivity index (χ0) is 32.5. The number of fused-ring (bicyclic) bond motifs is 2. The molecule has 0 bridgehead atoms. The van der Waals surface area contributed by atoms with Gasteiger partial charge in [-0.25, -0.2) is 15.1 Å². The molecule has 0 spiro atoms. The van der Waals surface area contributed by atoms with Crippen LogP contribution in [0.3, 0.4) is 0 Å². The van der Waals surface area contributed by atoms with Crippen molar-refractivity contribution in [3.8, 4) is 38.8 Å². The van der Waals surface area contributed by atoms with Crippen molar-refractivity contribution in [3.05, 3.63) is 132 Å². The van der Waals surface area contributed by atoms with Gasteiger partial charge in [-0.2, -0.15) is 0 Å². The first-order valence-corrected chi connectivity index (χ1v) is 16.9. The molecular weight excluding hydrogens is 615 g/mol. The van der Waals surface area contributed by atoms with Crippen LogP contribution in [0.15, 0.2) is 109 Å². The third kappa shape index (κ3) is 5.84. The molecule has 48 heavy (non-hydrogen) atoms. The fourth-order valence-electron chi connectivity index (χ4n) is 6.24. The van der Waals surface area contributed by atoms with Gasteiger partial charge in [0.2, 0.25) is 0 Å². The van der Waals surface area contributed by atoms with Gasteiger partial charge in [0.25, 0.3) is 0 Å². The second-order valence-corrected chi connectivity index (χ2v) is 13.0. The Balaban J connectivity index is 1.16. The Hall–Kier alpha value is -5.67. The molecule has 3 aromatic heterocycles. The maximum atomic E-state index is 5.99. The third-order valence-corrected chi connectivity index (χ3v) is 9.64. The molecule has 0 aliphatic heterocycles. The summed E-state index contributed by atoms with van der Waals surface area (Å²) in [6, 6.07) is 37.7. The number of aromatic nitrogens is 7. The van der Waals surface area contributed by atoms with Gasteiger partial charge in [-0.05, 0) is 94.1 Å². The summed E-state index contributed by atoms with van der Waals surface area (Å²) < 4.78 is 9.51. The number of imidazole rings is 1. The Labute approximate surface area is 282 Å². The van der Waals surface area contributed by atoms with Gasteiger partial charge < -0.3 is 9.30 Å². The van der Waals surface area contributed by atoms with Crippen LogP contribution in [0.2, 0.25) is 0 Å². The number of hydrogen-bond acceptors (Lipinski definition) is 7. The predicted octanol–water partition coefficient (Wildman–Crippen LogP) is 9.05. The van der Waals surface area contributed by atoms with Crippen LogP contribution in [0.4, 0.5) is 0 Å². The lowest BCUT2D eigenvalue weighted by atomic mass is 9.97. The highest BCUT2D eigenvalue weighted by molar-refractivity contribution is 7.21. The zero-order valence-corrected chi connectivity index (χ0v) is 27.5. The molecule has 0 amide bonds. The average Bonchev–Trinajstić information content (AvgIpc) is 3.88. The molecule has 1 N–H and O–H groups in total. The van der Waals surface area contributed by atoms with Crippen LogP contribution in [-0.2, 0) is 19.6 Å². The molecule has 9 heteroatoms. The van der Waals surface area contributed by atoms with E-state index in [0.29, 0.717) is 19.0 Å². The number of para-hydroxylation sites is 1. The highest BCUT2D eigenvalue weighted by Crippen LogP contribution is 2.36. The number of nitrogens with one attached hydrogen (secondary N) is 1. The number of aromatic amines is 1. The van der Waals surface area contributed by atoms with Gasteiger partial charge in [-0.3, -0.25) is 0 Å². The molecule has 5 aromatic carbocycles. The van der Waals surface area contributed by atoms with Gasteiger partial charge in [-0.1, -0.05) is 73.7 Å². The fourth-order valence-corrected chi connectivity index (χ4v) is 7.17. The lowest BCUT2D eigenvalue weighted by Crippen LogP contribution is -2.06. The van der Waals surface area contributed by atoms with Crippen LogP contribution >= 0.6 is 11.3 Å². The van der Waals surface area contributed by atoms with E-state index in [9.17, 15) is 0 Å². The predicted molar refractivity (Wildman–Crippen MR) is 192 cm³/mol. The zero-order valence-electron chi connectivity index (χ0n) is 26.7. The van der Waals surface area contributed by atoms with Gasteiger partial charge in [0, 0.05) is 24.1 Å². The molecule has 0 aliphatic carbocycles. The van der Waals surface area contributed by atoms with E-state index in [2.05, 4.69) is 99.7 Å². The Morgan fingerprint density at radius 1 is 0.792 bits per heavy atom. The summed E-state index contributed by atoms with van der Waals surface area (Å²) in [6.07, 6.45) is 1.89. The Morgan fingerprint density at radius 3 is 2.40 bits per heavy atom. The second-order valence-electron chi connectivity index (χ2n) is 11.9. The molecule has 0 radical (unpaired) electrons. The summed E-state index contributed by atoms with van der Waals surface area (Å²) in [5.41, 5.74) is 10.8. The van der Waals surface area contributed by atoms with Crippen molar-refractivity contribution in [2.45, 2.75) is 39.8 Å². The fraction of sp³-hybridized carbons (Fsp3) is 0.154. The quantitative estimate of drug-likeness (QED) is 0.159. The van der Waals surface area contributed by atoms with E-state index in [0.717, 1.165) is 89.6 Å². The minimum atomic E-state index is 0.498. The van der Waals surface area contributed by atoms with Crippen molar-refractivity contribution >= 4 is 32.6 Å². The van der Waals surface area contributed by atoms with E-state index in [1.165, 1.54) is 0 Å². The number of tetrazole rings is 1. The number of nitrogens with zero attached hydrogens (tertiary/aromatic N) is 6. The highest BCUT2D eigenvalue weighted by atomic mass is 32.1. The van der Waals surface area contributed by atoms with Gasteiger partial charge in [0.1, 0.15) is 23.2 Å². The van der Waals surface area contributed by atoms with Crippen LogP contribution in [0, 0.1) is 6.92 Å². The lowest BCUT2D eigenvalue weighted by Gasteiger charge is -2.13. The molecule has 0 fully saturated rings. The summed E-state index contributed by atoms with van der Waals surface area (Å²) in [6.45, 7) is 5.52. The van der Waals surface area contributed by atoms with E-state index < -0.39 is 0 Å². The molecular formula is C39H33N7OS. The van der Waals surface area contributed by atoms with Gasteiger partial charge in [0.15, 0.2) is 5.82 Å². The lowest BCUT2D eigenvalue weighted by molar-refractivity contribution is 0.306. The van der Waals surface area contributed by atoms with Crippen molar-refractivity contribution in [2.75, 3.05) is 0 Å². The number of hydrogen-bond donors (Lipinski definition) is 1. The van der Waals surface area contributed by atoms with E-state index in [1.54, 1.807) is 11.3 Å². The molecule has 0 atom stereocenters. The summed E-state index contributed by atoms with van der Waals surface area (Å²) >= 11 is 1.71. The Morgan fingerprint density at radius 2 is 1.60 bits per heavy atom. The number of benzene rings is 5. The molecule has 0 aliphatic rings. The summed E-state index contributed by atoms with van der Waals surface area (Å²) in [4.78, 5) is 10.3. The van der Waals surface area contributed by atoms with E-state index in [1.807, 2.05) is 48.5 Å². The monoisotopic (exact) mass is 647 g/mol. The first kappa shape index (κ1) is 29.7. The second kappa shape index (κ2) is 12.8. The number of rotatable bonds is 10. The van der Waals surface area contributed by atoms with Gasteiger partial charge >= 0.3 is 0 Å². The normalized spacial score (nSPS) is 11.5. The molecule has 3 heterocycles. The minimum absolute atomic E-state index is 0.498. The van der Waals surface area contributed by atoms with Crippen LogP contribution in [-0.4, -0.2) is 35.2 Å². The largest absolute Gasteiger partial charge is 0.489 e. The molecule has 0 saturated carbocycles. The topological polar surface area (TPSA) is 94.4 Å². The average molecular weight is 648 g/mol. The Kier molecular flexibility index (Phi) is 7.95. The first-order valence-electron chi connectivity index (χ1n) is 16.1. The first-order chi connectivity index (χ1) is 23.6. The van der Waals surface area contributed by atoms with Gasteiger partial charge in [0.05, 0.1) is 21.3 Å². The number of aryl methyl sites for hydroxylation is 2. The molecule has 0 unspecified atom stereocenters. The third-order valence-electron chi connectivity index (χ3n) is 8.55. The number of H-pyrrole nitrogens is 1. The summed E-state index contributed by atoms with van der Waals surface area (Å²) in [7, 11) is 0. The Bertz CT molecular complexity index is 2350. The maximum Gasteiger partial charge on any atom is 0.180 e. The van der Waals surface area contributed by atoms with Crippen molar-refractivity contribution < 1.29 is 4.74 Å². The standard InChI is InChI=1S/C39H33N7OS/c1-3-10-36-41-37-25(2)19-29(39-40-33-21-27(16-18-35(33)48-39)24-47-30-13-8-5-9-14-30)22-34(37)46(36)23-26-15-17-31(28-11-6-4-7-12-28)32(20-26)38-42-44-45-43-38/h4-9,11-22H,3,10,23-24H2,1-2H3,(H,42,43,44,45). The SMILES string of the molecule is CCCc1nc2c(C)cc(-c3nc4cc(COc5ccccc5)ccc4s3)cc2n1Cc1ccc(-c2ccccc2)c(-c2nnn[nH]2)c1. The van der Waals surface area contributed by atoms with Crippen molar-refractivity contribution in [3.63, 3.8) is 0 Å². The summed E-state index contributed by atoms with van der Waals surface area (Å²) in [5.74, 6) is 2.58. The number of thiazole rings is 1. The van der Waals surface area contributed by atoms with Crippen LogP contribution < -0.4 is 4.74 Å². The van der Waals surface area contributed by atoms with Crippen molar-refractivity contribution in [1.82, 2.24) is 35.2 Å². The van der Waals surface area contributed by atoms with Crippen LogP contribution in [0.25, 0.3) is 54.3 Å². The van der Waals surface area contributed by atoms with Crippen molar-refractivity contribution in [1.29, 1.82) is 0 Å². The van der Waals surface area contributed by atoms with E-state index >= 15 is 0 Å². The van der Waals surface area contributed by atoms with E-state index in [-0.39, 0.29) is 0 Å². The minimum Gasteiger partial charge on any atom is -0.489 e. The van der Waals surface area contributed by atoms with Crippen LogP contribution in [0.1, 0.15) is 35.9 Å². The molecule has 8 nitrogen and oxygen atoms in total. The highest BCUT2D eigenvalue weighted by Gasteiger charge is 2.18. The smallest absolute Gasteiger partial charge is 0.180 e. The van der Waals surface area contributed by atoms with E-state index in [4.69, 9.17) is 14.7 Å². The maximum absolute atomic E-state index is 5.99. The molecule has 0 saturated heterocycles. The number of ether oxygens (including phenoxy) is 1. The van der Waals surface area contributed by atoms with Gasteiger partial charge in [-0.15, -0.1) is 16.4 Å². The summed E-state index contributed by atoms with van der Waals surface area (Å²) in [5, 5.41) is 15.9. The molecule has 8 aromatic rings.